The lowest BCUT2D eigenvalue weighted by molar-refractivity contribution is -0.140. The van der Waals surface area contributed by atoms with Gasteiger partial charge in [0.05, 0.1) is 6.42 Å². The van der Waals surface area contributed by atoms with E-state index >= 15 is 0 Å². The summed E-state index contributed by atoms with van der Waals surface area (Å²) in [5.74, 6) is -1.24. The van der Waals surface area contributed by atoms with Crippen LogP contribution in [0.5, 0.6) is 0 Å². The predicted octanol–water partition coefficient (Wildman–Crippen LogP) is 3.45. The summed E-state index contributed by atoms with van der Waals surface area (Å²) in [4.78, 5) is 26.7. The molecule has 0 aliphatic heterocycles. The van der Waals surface area contributed by atoms with E-state index in [1.54, 1.807) is 31.2 Å². The lowest BCUT2D eigenvalue weighted by Crippen LogP contribution is -2.48. The van der Waals surface area contributed by atoms with Crippen LogP contribution in [0.4, 0.5) is 8.78 Å². The molecule has 2 aromatic carbocycles. The van der Waals surface area contributed by atoms with Gasteiger partial charge in [0.1, 0.15) is 17.7 Å². The van der Waals surface area contributed by atoms with Crippen molar-refractivity contribution in [3.63, 3.8) is 0 Å². The Hall–Kier alpha value is -2.76. The Balaban J connectivity index is 2.18. The summed E-state index contributed by atoms with van der Waals surface area (Å²) in [6.45, 7) is 4.32. The first-order valence-electron chi connectivity index (χ1n) is 8.96. The first-order valence-corrected chi connectivity index (χ1v) is 8.96. The fourth-order valence-electron chi connectivity index (χ4n) is 2.64. The quantitative estimate of drug-likeness (QED) is 0.769. The van der Waals surface area contributed by atoms with Crippen LogP contribution in [0, 0.1) is 11.6 Å². The van der Waals surface area contributed by atoms with Gasteiger partial charge in [-0.05, 0) is 48.7 Å². The van der Waals surface area contributed by atoms with E-state index in [9.17, 15) is 18.4 Å². The Morgan fingerprint density at radius 1 is 0.963 bits per heavy atom. The van der Waals surface area contributed by atoms with Gasteiger partial charge in [-0.15, -0.1) is 0 Å². The lowest BCUT2D eigenvalue weighted by Gasteiger charge is -2.29. The van der Waals surface area contributed by atoms with Crippen molar-refractivity contribution in [1.82, 2.24) is 10.2 Å². The molecule has 0 aromatic heterocycles. The molecule has 2 amide bonds. The van der Waals surface area contributed by atoms with Gasteiger partial charge in [0.25, 0.3) is 0 Å². The average Bonchev–Trinajstić information content (AvgIpc) is 2.66. The van der Waals surface area contributed by atoms with Crippen molar-refractivity contribution < 1.29 is 18.4 Å². The van der Waals surface area contributed by atoms with Gasteiger partial charge in [-0.1, -0.05) is 31.2 Å². The second-order valence-corrected chi connectivity index (χ2v) is 6.42. The van der Waals surface area contributed by atoms with Crippen molar-refractivity contribution >= 4 is 11.8 Å². The SMILES string of the molecule is CCCNC(=O)[C@@H](C)N(Cc1ccc(F)cc1)C(=O)Cc1ccc(F)cc1. The zero-order chi connectivity index (χ0) is 19.8. The van der Waals surface area contributed by atoms with Gasteiger partial charge in [0.2, 0.25) is 11.8 Å². The summed E-state index contributed by atoms with van der Waals surface area (Å²) in [5.41, 5.74) is 1.38. The van der Waals surface area contributed by atoms with E-state index in [1.807, 2.05) is 6.92 Å². The fraction of sp³-hybridized carbons (Fsp3) is 0.333. The molecule has 0 radical (unpaired) electrons. The second kappa shape index (κ2) is 9.80. The third-order valence-corrected chi connectivity index (χ3v) is 4.25. The zero-order valence-corrected chi connectivity index (χ0v) is 15.5. The van der Waals surface area contributed by atoms with Gasteiger partial charge in [-0.2, -0.15) is 0 Å². The number of carbonyl (C=O) groups excluding carboxylic acids is 2. The van der Waals surface area contributed by atoms with Crippen molar-refractivity contribution in [3.8, 4) is 0 Å². The number of halogens is 2. The van der Waals surface area contributed by atoms with Crippen molar-refractivity contribution in [3.05, 3.63) is 71.3 Å². The molecule has 144 valence electrons. The highest BCUT2D eigenvalue weighted by atomic mass is 19.1. The summed E-state index contributed by atoms with van der Waals surface area (Å²) in [6.07, 6.45) is 0.840. The van der Waals surface area contributed by atoms with Crippen molar-refractivity contribution in [2.24, 2.45) is 0 Å². The largest absolute Gasteiger partial charge is 0.354 e. The topological polar surface area (TPSA) is 49.4 Å². The smallest absolute Gasteiger partial charge is 0.242 e. The van der Waals surface area contributed by atoms with Crippen molar-refractivity contribution in [1.29, 1.82) is 0 Å². The molecule has 2 aromatic rings. The number of amides is 2. The average molecular weight is 374 g/mol. The standard InChI is InChI=1S/C21H24F2N2O2/c1-3-12-24-21(27)15(2)25(14-17-6-10-19(23)11-7-17)20(26)13-16-4-8-18(22)9-5-16/h4-11,15H,3,12-14H2,1-2H3,(H,24,27)/t15-/m1/s1. The molecule has 6 heteroatoms. The molecule has 0 aliphatic carbocycles. The Kier molecular flexibility index (Phi) is 7.46. The van der Waals surface area contributed by atoms with Gasteiger partial charge >= 0.3 is 0 Å². The highest BCUT2D eigenvalue weighted by molar-refractivity contribution is 5.88. The minimum absolute atomic E-state index is 0.0485. The molecule has 0 saturated carbocycles. The van der Waals surface area contributed by atoms with E-state index in [0.717, 1.165) is 12.0 Å². The van der Waals surface area contributed by atoms with Crippen LogP contribution in [0.1, 0.15) is 31.4 Å². The predicted molar refractivity (Wildman–Crippen MR) is 99.8 cm³/mol. The van der Waals surface area contributed by atoms with Crippen LogP contribution in [0.15, 0.2) is 48.5 Å². The zero-order valence-electron chi connectivity index (χ0n) is 15.5. The fourth-order valence-corrected chi connectivity index (χ4v) is 2.64. The summed E-state index contributed by atoms with van der Waals surface area (Å²) in [6, 6.07) is 10.8. The molecule has 0 heterocycles. The van der Waals surface area contributed by atoms with Crippen LogP contribution >= 0.6 is 0 Å². The first kappa shape index (κ1) is 20.6. The summed E-state index contributed by atoms with van der Waals surface area (Å²) >= 11 is 0. The molecule has 0 spiro atoms. The van der Waals surface area contributed by atoms with Gasteiger partial charge in [0.15, 0.2) is 0 Å². The van der Waals surface area contributed by atoms with Crippen molar-refractivity contribution in [2.45, 2.75) is 39.3 Å². The molecule has 0 aliphatic rings. The van der Waals surface area contributed by atoms with Gasteiger partial charge in [-0.25, -0.2) is 8.78 Å². The number of rotatable bonds is 8. The molecule has 0 saturated heterocycles. The van der Waals surface area contributed by atoms with Gasteiger partial charge < -0.3 is 10.2 Å². The molecule has 2 rings (SSSR count). The number of nitrogens with zero attached hydrogens (tertiary/aromatic N) is 1. The maximum atomic E-state index is 13.2. The second-order valence-electron chi connectivity index (χ2n) is 6.42. The van der Waals surface area contributed by atoms with Crippen LogP contribution < -0.4 is 5.32 Å². The minimum Gasteiger partial charge on any atom is -0.354 e. The number of hydrogen-bond donors (Lipinski definition) is 1. The monoisotopic (exact) mass is 374 g/mol. The number of nitrogens with one attached hydrogen (secondary N) is 1. The van der Waals surface area contributed by atoms with Crippen LogP contribution in [0.3, 0.4) is 0 Å². The van der Waals surface area contributed by atoms with Gasteiger partial charge in [-0.3, -0.25) is 9.59 Å². The molecule has 27 heavy (non-hydrogen) atoms. The molecule has 0 bridgehead atoms. The molecular weight excluding hydrogens is 350 g/mol. The van der Waals surface area contributed by atoms with Crippen LogP contribution in [-0.4, -0.2) is 29.3 Å². The number of hydrogen-bond acceptors (Lipinski definition) is 2. The minimum atomic E-state index is -0.686. The van der Waals surface area contributed by atoms with Crippen LogP contribution in [0.25, 0.3) is 0 Å². The van der Waals surface area contributed by atoms with E-state index in [1.165, 1.54) is 29.2 Å². The van der Waals surface area contributed by atoms with Crippen LogP contribution in [0.2, 0.25) is 0 Å². The first-order chi connectivity index (χ1) is 12.9. The molecule has 0 unspecified atom stereocenters. The molecule has 1 atom stereocenters. The molecule has 0 fully saturated rings. The summed E-state index contributed by atoms with van der Waals surface area (Å²) in [7, 11) is 0. The highest BCUT2D eigenvalue weighted by Gasteiger charge is 2.26. The lowest BCUT2D eigenvalue weighted by atomic mass is 10.1. The third kappa shape index (κ3) is 6.16. The number of benzene rings is 2. The van der Waals surface area contributed by atoms with E-state index < -0.39 is 6.04 Å². The Bertz CT molecular complexity index is 761. The van der Waals surface area contributed by atoms with E-state index in [4.69, 9.17) is 0 Å². The Labute approximate surface area is 158 Å². The third-order valence-electron chi connectivity index (χ3n) is 4.25. The molecular formula is C21H24F2N2O2. The maximum Gasteiger partial charge on any atom is 0.242 e. The van der Waals surface area contributed by atoms with Gasteiger partial charge in [0, 0.05) is 13.1 Å². The molecule has 4 nitrogen and oxygen atoms in total. The molecule has 1 N–H and O–H groups in total. The highest BCUT2D eigenvalue weighted by Crippen LogP contribution is 2.13. The Morgan fingerprint density at radius 3 is 2.00 bits per heavy atom. The number of carbonyl (C=O) groups is 2. The van der Waals surface area contributed by atoms with E-state index in [0.29, 0.717) is 12.1 Å². The van der Waals surface area contributed by atoms with Crippen molar-refractivity contribution in [2.75, 3.05) is 6.54 Å². The van der Waals surface area contributed by atoms with Crippen LogP contribution in [-0.2, 0) is 22.6 Å². The maximum absolute atomic E-state index is 13.2. The summed E-state index contributed by atoms with van der Waals surface area (Å²) in [5, 5.41) is 2.79. The normalized spacial score (nSPS) is 11.7. The summed E-state index contributed by atoms with van der Waals surface area (Å²) < 4.78 is 26.2. The van der Waals surface area contributed by atoms with E-state index in [2.05, 4.69) is 5.32 Å². The Morgan fingerprint density at radius 2 is 1.48 bits per heavy atom. The van der Waals surface area contributed by atoms with E-state index in [-0.39, 0.29) is 36.4 Å².